The minimum Gasteiger partial charge on any atom is -0.443 e. The zero-order valence-corrected chi connectivity index (χ0v) is 16.9. The Hall–Kier alpha value is -2.89. The molecule has 1 saturated heterocycles. The zero-order valence-electron chi connectivity index (χ0n) is 16.9. The van der Waals surface area contributed by atoms with E-state index < -0.39 is 0 Å². The number of furan rings is 1. The van der Waals surface area contributed by atoms with E-state index in [4.69, 9.17) is 4.42 Å². The van der Waals surface area contributed by atoms with Gasteiger partial charge in [-0.25, -0.2) is 9.97 Å². The molecule has 4 rings (SSSR count). The lowest BCUT2D eigenvalue weighted by molar-refractivity contribution is -0.120. The van der Waals surface area contributed by atoms with Crippen LogP contribution in [0.1, 0.15) is 35.3 Å². The Kier molecular flexibility index (Phi) is 4.79. The number of amides is 1. The number of fused-ring (bicyclic) bond motifs is 1. The predicted molar refractivity (Wildman–Crippen MR) is 111 cm³/mol. The summed E-state index contributed by atoms with van der Waals surface area (Å²) in [7, 11) is 0. The van der Waals surface area contributed by atoms with Crippen LogP contribution in [0.15, 0.2) is 28.9 Å². The van der Waals surface area contributed by atoms with Gasteiger partial charge in [-0.3, -0.25) is 4.79 Å². The minimum absolute atomic E-state index is 0.0145. The first kappa shape index (κ1) is 18.5. The largest absolute Gasteiger partial charge is 0.443 e. The SMILES string of the molecule is Cc1cccc(NC(=O)C2CCN(c3ncnc4oc(C)c(C)c34)CC2)c1C. The maximum absolute atomic E-state index is 12.8. The van der Waals surface area contributed by atoms with Crippen LogP contribution in [0.2, 0.25) is 0 Å². The number of rotatable bonds is 3. The quantitative estimate of drug-likeness (QED) is 0.735. The first-order valence-electron chi connectivity index (χ1n) is 9.78. The molecule has 0 atom stereocenters. The third-order valence-electron chi connectivity index (χ3n) is 5.97. The van der Waals surface area contributed by atoms with Crippen LogP contribution in [0.25, 0.3) is 11.1 Å². The van der Waals surface area contributed by atoms with E-state index in [-0.39, 0.29) is 11.8 Å². The van der Waals surface area contributed by atoms with Gasteiger partial charge in [0.2, 0.25) is 11.6 Å². The molecule has 6 nitrogen and oxygen atoms in total. The topological polar surface area (TPSA) is 71.3 Å². The molecule has 1 aromatic carbocycles. The van der Waals surface area contributed by atoms with Crippen LogP contribution in [0.5, 0.6) is 0 Å². The summed E-state index contributed by atoms with van der Waals surface area (Å²) < 4.78 is 5.73. The molecule has 1 fully saturated rings. The zero-order chi connectivity index (χ0) is 19.8. The molecule has 1 aliphatic rings. The van der Waals surface area contributed by atoms with Crippen LogP contribution in [0.4, 0.5) is 11.5 Å². The highest BCUT2D eigenvalue weighted by Crippen LogP contribution is 2.32. The number of piperidine rings is 1. The summed E-state index contributed by atoms with van der Waals surface area (Å²) in [5.41, 5.74) is 4.94. The van der Waals surface area contributed by atoms with Crippen LogP contribution >= 0.6 is 0 Å². The molecule has 1 amide bonds. The van der Waals surface area contributed by atoms with E-state index in [1.807, 2.05) is 32.9 Å². The molecule has 3 aromatic rings. The number of aromatic nitrogens is 2. The van der Waals surface area contributed by atoms with Crippen LogP contribution in [-0.4, -0.2) is 29.0 Å². The van der Waals surface area contributed by atoms with Crippen LogP contribution < -0.4 is 10.2 Å². The van der Waals surface area contributed by atoms with Crippen LogP contribution in [-0.2, 0) is 4.79 Å². The van der Waals surface area contributed by atoms with E-state index in [9.17, 15) is 4.79 Å². The van der Waals surface area contributed by atoms with Crippen LogP contribution in [0.3, 0.4) is 0 Å². The maximum Gasteiger partial charge on any atom is 0.231 e. The number of hydrogen-bond acceptors (Lipinski definition) is 5. The average Bonchev–Trinajstić information content (AvgIpc) is 2.99. The van der Waals surface area contributed by atoms with Gasteiger partial charge in [0.1, 0.15) is 17.9 Å². The average molecular weight is 378 g/mol. The van der Waals surface area contributed by atoms with Gasteiger partial charge in [-0.1, -0.05) is 12.1 Å². The Balaban J connectivity index is 1.46. The molecule has 0 spiro atoms. The van der Waals surface area contributed by atoms with Crippen molar-refractivity contribution in [1.29, 1.82) is 0 Å². The maximum atomic E-state index is 12.8. The standard InChI is InChI=1S/C22H26N4O2/c1-13-6-5-7-18(14(13)2)25-21(27)17-8-10-26(11-9-17)20-19-15(3)16(4)28-22(19)24-12-23-20/h5-7,12,17H,8-11H2,1-4H3,(H,25,27). The molecule has 28 heavy (non-hydrogen) atoms. The number of anilines is 2. The van der Waals surface area contributed by atoms with E-state index in [2.05, 4.69) is 33.2 Å². The fourth-order valence-corrected chi connectivity index (χ4v) is 3.88. The molecule has 0 saturated carbocycles. The second-order valence-corrected chi connectivity index (χ2v) is 7.66. The fraction of sp³-hybridized carbons (Fsp3) is 0.409. The number of nitrogens with one attached hydrogen (secondary N) is 1. The van der Waals surface area contributed by atoms with Crippen molar-refractivity contribution < 1.29 is 9.21 Å². The second kappa shape index (κ2) is 7.26. The predicted octanol–water partition coefficient (Wildman–Crippen LogP) is 4.31. The highest BCUT2D eigenvalue weighted by Gasteiger charge is 2.28. The molecule has 146 valence electrons. The molecule has 1 aliphatic heterocycles. The highest BCUT2D eigenvalue weighted by atomic mass is 16.3. The molecule has 1 N–H and O–H groups in total. The van der Waals surface area contributed by atoms with Crippen molar-refractivity contribution in [2.24, 2.45) is 5.92 Å². The first-order chi connectivity index (χ1) is 13.5. The summed E-state index contributed by atoms with van der Waals surface area (Å²) in [5, 5.41) is 4.10. The van der Waals surface area contributed by atoms with Crippen molar-refractivity contribution in [2.75, 3.05) is 23.3 Å². The third kappa shape index (κ3) is 3.23. The lowest BCUT2D eigenvalue weighted by Crippen LogP contribution is -2.38. The van der Waals surface area contributed by atoms with E-state index >= 15 is 0 Å². The van der Waals surface area contributed by atoms with Crippen molar-refractivity contribution in [1.82, 2.24) is 9.97 Å². The molecule has 2 aromatic heterocycles. The van der Waals surface area contributed by atoms with Gasteiger partial charge in [-0.05, 0) is 57.7 Å². The Labute approximate surface area is 165 Å². The Morgan fingerprint density at radius 2 is 1.86 bits per heavy atom. The molecular formula is C22H26N4O2. The van der Waals surface area contributed by atoms with Crippen molar-refractivity contribution in [3.8, 4) is 0 Å². The molecule has 0 aliphatic carbocycles. The highest BCUT2D eigenvalue weighted by molar-refractivity contribution is 5.94. The molecular weight excluding hydrogens is 352 g/mol. The summed E-state index contributed by atoms with van der Waals surface area (Å²) in [6.45, 7) is 9.68. The van der Waals surface area contributed by atoms with Gasteiger partial charge in [0.05, 0.1) is 5.39 Å². The number of hydrogen-bond donors (Lipinski definition) is 1. The first-order valence-corrected chi connectivity index (χ1v) is 9.78. The number of benzene rings is 1. The van der Waals surface area contributed by atoms with E-state index in [1.165, 1.54) is 5.56 Å². The molecule has 0 unspecified atom stereocenters. The molecule has 6 heteroatoms. The summed E-state index contributed by atoms with van der Waals surface area (Å²) in [5.74, 6) is 1.91. The second-order valence-electron chi connectivity index (χ2n) is 7.66. The lowest BCUT2D eigenvalue weighted by atomic mass is 9.95. The van der Waals surface area contributed by atoms with Crippen molar-refractivity contribution >= 4 is 28.5 Å². The lowest BCUT2D eigenvalue weighted by Gasteiger charge is -2.32. The smallest absolute Gasteiger partial charge is 0.231 e. The van der Waals surface area contributed by atoms with Gasteiger partial charge in [-0.2, -0.15) is 0 Å². The monoisotopic (exact) mass is 378 g/mol. The minimum atomic E-state index is 0.0145. The van der Waals surface area contributed by atoms with Crippen molar-refractivity contribution in [3.05, 3.63) is 47.0 Å². The molecule has 0 radical (unpaired) electrons. The summed E-state index contributed by atoms with van der Waals surface area (Å²) >= 11 is 0. The molecule has 0 bridgehead atoms. The van der Waals surface area contributed by atoms with E-state index in [0.29, 0.717) is 5.71 Å². The Bertz CT molecular complexity index is 1030. The van der Waals surface area contributed by atoms with Gasteiger partial charge in [0, 0.05) is 30.3 Å². The number of carbonyl (C=O) groups excluding carboxylic acids is 1. The van der Waals surface area contributed by atoms with Gasteiger partial charge in [0.15, 0.2) is 0 Å². The van der Waals surface area contributed by atoms with E-state index in [0.717, 1.165) is 59.7 Å². The number of carbonyl (C=O) groups is 1. The Morgan fingerprint density at radius 1 is 1.11 bits per heavy atom. The number of nitrogens with zero attached hydrogens (tertiary/aromatic N) is 3. The van der Waals surface area contributed by atoms with Crippen molar-refractivity contribution in [2.45, 2.75) is 40.5 Å². The normalized spacial score (nSPS) is 15.2. The molecule has 3 heterocycles. The van der Waals surface area contributed by atoms with Gasteiger partial charge >= 0.3 is 0 Å². The third-order valence-corrected chi connectivity index (χ3v) is 5.97. The van der Waals surface area contributed by atoms with Gasteiger partial charge in [0.25, 0.3) is 0 Å². The summed E-state index contributed by atoms with van der Waals surface area (Å²) in [4.78, 5) is 23.8. The van der Waals surface area contributed by atoms with Crippen molar-refractivity contribution in [3.63, 3.8) is 0 Å². The van der Waals surface area contributed by atoms with Crippen LogP contribution in [0, 0.1) is 33.6 Å². The summed E-state index contributed by atoms with van der Waals surface area (Å²) in [6, 6.07) is 6.01. The van der Waals surface area contributed by atoms with E-state index in [1.54, 1.807) is 6.33 Å². The summed E-state index contributed by atoms with van der Waals surface area (Å²) in [6.07, 6.45) is 3.16. The van der Waals surface area contributed by atoms with Gasteiger partial charge < -0.3 is 14.6 Å². The number of aryl methyl sites for hydroxylation is 3. The Morgan fingerprint density at radius 3 is 2.61 bits per heavy atom. The fourth-order valence-electron chi connectivity index (χ4n) is 3.88. The van der Waals surface area contributed by atoms with Gasteiger partial charge in [-0.15, -0.1) is 0 Å².